The lowest BCUT2D eigenvalue weighted by molar-refractivity contribution is 1.09. The Balaban J connectivity index is 2.05. The van der Waals surface area contributed by atoms with Gasteiger partial charge in [-0.3, -0.25) is 0 Å². The van der Waals surface area contributed by atoms with Crippen LogP contribution in [0.4, 0.5) is 11.8 Å². The smallest absolute Gasteiger partial charge is 0.224 e. The molecule has 0 saturated heterocycles. The molecule has 2 aromatic rings. The van der Waals surface area contributed by atoms with Gasteiger partial charge in [0.2, 0.25) is 5.95 Å². The van der Waals surface area contributed by atoms with Gasteiger partial charge in [-0.05, 0) is 18.6 Å². The zero-order chi connectivity index (χ0) is 13.0. The largest absolute Gasteiger partial charge is 0.364 e. The van der Waals surface area contributed by atoms with Crippen LogP contribution in [0.5, 0.6) is 0 Å². The predicted molar refractivity (Wildman–Crippen MR) is 77.6 cm³/mol. The maximum absolute atomic E-state index is 6.04. The molecule has 2 heterocycles. The lowest BCUT2D eigenvalue weighted by atomic mass is 10.3. The highest BCUT2D eigenvalue weighted by atomic mass is 35.5. The third-order valence-corrected chi connectivity index (χ3v) is 3.97. The van der Waals surface area contributed by atoms with Crippen molar-refractivity contribution >= 4 is 34.7 Å². The average molecular weight is 283 g/mol. The van der Waals surface area contributed by atoms with E-state index in [9.17, 15) is 0 Å². The fraction of sp³-hybridized carbons (Fsp3) is 0.333. The van der Waals surface area contributed by atoms with E-state index in [1.54, 1.807) is 24.6 Å². The first kappa shape index (κ1) is 13.1. The number of nitrogens with zero attached hydrogens (tertiary/aromatic N) is 2. The normalized spacial score (nSPS) is 10.4. The molecule has 0 unspecified atom stereocenters. The molecular formula is C12H15ClN4S. The van der Waals surface area contributed by atoms with Crippen LogP contribution in [-0.4, -0.2) is 17.0 Å². The lowest BCUT2D eigenvalue weighted by Crippen LogP contribution is -2.04. The molecule has 6 heteroatoms. The van der Waals surface area contributed by atoms with Crippen LogP contribution < -0.4 is 10.6 Å². The van der Waals surface area contributed by atoms with Crippen molar-refractivity contribution in [2.75, 3.05) is 17.7 Å². The van der Waals surface area contributed by atoms with Crippen molar-refractivity contribution in [1.82, 2.24) is 9.97 Å². The summed E-state index contributed by atoms with van der Waals surface area (Å²) in [6.45, 7) is 2.88. The van der Waals surface area contributed by atoms with Gasteiger partial charge in [0.15, 0.2) is 5.82 Å². The molecule has 0 aliphatic heterocycles. The number of halogens is 1. The van der Waals surface area contributed by atoms with Gasteiger partial charge in [-0.25, -0.2) is 4.98 Å². The Morgan fingerprint density at radius 3 is 2.78 bits per heavy atom. The van der Waals surface area contributed by atoms with Crippen LogP contribution in [0.1, 0.15) is 16.7 Å². The lowest BCUT2D eigenvalue weighted by Gasteiger charge is -2.07. The fourth-order valence-corrected chi connectivity index (χ4v) is 2.55. The number of anilines is 2. The molecule has 0 fully saturated rings. The highest BCUT2D eigenvalue weighted by molar-refractivity contribution is 7.12. The molecule has 0 saturated carbocycles. The molecule has 2 rings (SSSR count). The molecule has 4 nitrogen and oxygen atoms in total. The molecular weight excluding hydrogens is 268 g/mol. The monoisotopic (exact) mass is 282 g/mol. The Morgan fingerprint density at radius 1 is 1.33 bits per heavy atom. The van der Waals surface area contributed by atoms with Gasteiger partial charge in [-0.1, -0.05) is 18.5 Å². The van der Waals surface area contributed by atoms with Crippen LogP contribution in [0.15, 0.2) is 18.3 Å². The van der Waals surface area contributed by atoms with Gasteiger partial charge in [0.25, 0.3) is 0 Å². The van der Waals surface area contributed by atoms with Crippen molar-refractivity contribution in [3.05, 3.63) is 33.1 Å². The first-order chi connectivity index (χ1) is 8.72. The third kappa shape index (κ3) is 3.11. The number of aryl methyl sites for hydroxylation is 1. The van der Waals surface area contributed by atoms with Gasteiger partial charge in [0.05, 0.1) is 12.7 Å². The van der Waals surface area contributed by atoms with Crippen molar-refractivity contribution in [3.8, 4) is 0 Å². The van der Waals surface area contributed by atoms with E-state index in [1.165, 1.54) is 9.75 Å². The first-order valence-electron chi connectivity index (χ1n) is 5.74. The summed E-state index contributed by atoms with van der Waals surface area (Å²) in [6, 6.07) is 4.28. The summed E-state index contributed by atoms with van der Waals surface area (Å²) in [5, 5.41) is 6.65. The van der Waals surface area contributed by atoms with Gasteiger partial charge in [0, 0.05) is 16.8 Å². The standard InChI is InChI=1S/C12H15ClN4S/c1-3-8-4-5-9(18-8)6-15-11-10(13)7-16-12(14-2)17-11/h4-5,7H,3,6H2,1-2H3,(H2,14,15,16,17). The Kier molecular flexibility index (Phi) is 4.38. The van der Waals surface area contributed by atoms with E-state index < -0.39 is 0 Å². The number of rotatable bonds is 5. The second-order valence-corrected chi connectivity index (χ2v) is 5.38. The third-order valence-electron chi connectivity index (χ3n) is 2.46. The summed E-state index contributed by atoms with van der Waals surface area (Å²) >= 11 is 7.84. The van der Waals surface area contributed by atoms with Crippen LogP contribution in [0, 0.1) is 0 Å². The number of hydrogen-bond acceptors (Lipinski definition) is 5. The zero-order valence-electron chi connectivity index (χ0n) is 10.3. The van der Waals surface area contributed by atoms with Crippen molar-refractivity contribution in [1.29, 1.82) is 0 Å². The second-order valence-electron chi connectivity index (χ2n) is 3.72. The molecule has 2 N–H and O–H groups in total. The molecule has 0 spiro atoms. The molecule has 0 bridgehead atoms. The summed E-state index contributed by atoms with van der Waals surface area (Å²) in [6.07, 6.45) is 2.66. The van der Waals surface area contributed by atoms with Crippen LogP contribution in [-0.2, 0) is 13.0 Å². The molecule has 96 valence electrons. The van der Waals surface area contributed by atoms with E-state index in [4.69, 9.17) is 11.6 Å². The van der Waals surface area contributed by atoms with Gasteiger partial charge in [-0.15, -0.1) is 11.3 Å². The summed E-state index contributed by atoms with van der Waals surface area (Å²) in [7, 11) is 1.78. The van der Waals surface area contributed by atoms with Crippen LogP contribution >= 0.6 is 22.9 Å². The Labute approximate surface area is 115 Å². The van der Waals surface area contributed by atoms with Crippen molar-refractivity contribution in [3.63, 3.8) is 0 Å². The topological polar surface area (TPSA) is 49.8 Å². The minimum absolute atomic E-state index is 0.529. The van der Waals surface area contributed by atoms with Crippen molar-refractivity contribution in [2.45, 2.75) is 19.9 Å². The van der Waals surface area contributed by atoms with E-state index in [0.29, 0.717) is 16.8 Å². The van der Waals surface area contributed by atoms with E-state index in [-0.39, 0.29) is 0 Å². The number of hydrogen-bond donors (Lipinski definition) is 2. The summed E-state index contributed by atoms with van der Waals surface area (Å²) < 4.78 is 0. The van der Waals surface area contributed by atoms with Gasteiger partial charge < -0.3 is 10.6 Å². The molecule has 0 aliphatic rings. The highest BCUT2D eigenvalue weighted by Crippen LogP contribution is 2.22. The zero-order valence-corrected chi connectivity index (χ0v) is 11.9. The number of nitrogens with one attached hydrogen (secondary N) is 2. The first-order valence-corrected chi connectivity index (χ1v) is 6.94. The number of aromatic nitrogens is 2. The Hall–Kier alpha value is -1.33. The molecule has 0 aliphatic carbocycles. The minimum Gasteiger partial charge on any atom is -0.364 e. The summed E-state index contributed by atoms with van der Waals surface area (Å²) in [5.41, 5.74) is 0. The summed E-state index contributed by atoms with van der Waals surface area (Å²) in [5.74, 6) is 1.21. The molecule has 0 atom stereocenters. The number of thiophene rings is 1. The molecule has 18 heavy (non-hydrogen) atoms. The van der Waals surface area contributed by atoms with E-state index >= 15 is 0 Å². The fourth-order valence-electron chi connectivity index (χ4n) is 1.49. The molecule has 0 radical (unpaired) electrons. The second kappa shape index (κ2) is 6.02. The van der Waals surface area contributed by atoms with Gasteiger partial charge >= 0.3 is 0 Å². The van der Waals surface area contributed by atoms with Gasteiger partial charge in [-0.2, -0.15) is 4.98 Å². The Morgan fingerprint density at radius 2 is 2.11 bits per heavy atom. The SMILES string of the molecule is CCc1ccc(CNc2nc(NC)ncc2Cl)s1. The van der Waals surface area contributed by atoms with Crippen LogP contribution in [0.2, 0.25) is 5.02 Å². The quantitative estimate of drug-likeness (QED) is 0.882. The van der Waals surface area contributed by atoms with Crippen molar-refractivity contribution < 1.29 is 0 Å². The molecule has 0 amide bonds. The van der Waals surface area contributed by atoms with Gasteiger partial charge in [0.1, 0.15) is 5.02 Å². The molecule has 0 aromatic carbocycles. The van der Waals surface area contributed by atoms with Crippen LogP contribution in [0.3, 0.4) is 0 Å². The van der Waals surface area contributed by atoms with Crippen molar-refractivity contribution in [2.24, 2.45) is 0 Å². The minimum atomic E-state index is 0.529. The van der Waals surface area contributed by atoms with Crippen LogP contribution in [0.25, 0.3) is 0 Å². The van der Waals surface area contributed by atoms with E-state index in [2.05, 4.69) is 39.7 Å². The Bertz CT molecular complexity index is 527. The average Bonchev–Trinajstić information content (AvgIpc) is 2.86. The highest BCUT2D eigenvalue weighted by Gasteiger charge is 2.05. The maximum atomic E-state index is 6.04. The van der Waals surface area contributed by atoms with E-state index in [0.717, 1.165) is 13.0 Å². The predicted octanol–water partition coefficient (Wildman–Crippen LogP) is 3.41. The maximum Gasteiger partial charge on any atom is 0.224 e. The molecule has 2 aromatic heterocycles. The van der Waals surface area contributed by atoms with E-state index in [1.807, 2.05) is 0 Å². The summed E-state index contributed by atoms with van der Waals surface area (Å²) in [4.78, 5) is 11.0.